The molecule has 0 spiro atoms. The average molecular weight is 271 g/mol. The van der Waals surface area contributed by atoms with Crippen LogP contribution in [0.4, 0.5) is 4.79 Å². The highest BCUT2D eigenvalue weighted by Gasteiger charge is 2.50. The van der Waals surface area contributed by atoms with E-state index in [-0.39, 0.29) is 19.0 Å². The molecule has 1 rings (SSSR count). The Kier molecular flexibility index (Phi) is 5.14. The lowest BCUT2D eigenvalue weighted by Gasteiger charge is -2.19. The summed E-state index contributed by atoms with van der Waals surface area (Å²) in [6.07, 6.45) is 1.17. The van der Waals surface area contributed by atoms with Crippen LogP contribution in [0.1, 0.15) is 26.7 Å². The van der Waals surface area contributed by atoms with E-state index in [2.05, 4.69) is 10.6 Å². The van der Waals surface area contributed by atoms with Crippen molar-refractivity contribution in [1.29, 1.82) is 0 Å². The standard InChI is InChI=1S/C12H21N3O4/c1-3-15(4-2)9(16)7-13-11(19)14-8-12(5-6-12)10(17)18/h3-8H2,1-2H3,(H,17,18)(H2,13,14,19). The number of carbonyl (C=O) groups excluding carboxylic acids is 2. The third kappa shape index (κ3) is 4.11. The zero-order valence-electron chi connectivity index (χ0n) is 11.4. The molecule has 19 heavy (non-hydrogen) atoms. The Labute approximate surface area is 112 Å². The molecule has 0 aromatic heterocycles. The van der Waals surface area contributed by atoms with Gasteiger partial charge in [0, 0.05) is 19.6 Å². The molecular formula is C12H21N3O4. The first-order valence-corrected chi connectivity index (χ1v) is 6.48. The van der Waals surface area contributed by atoms with E-state index in [1.807, 2.05) is 13.8 Å². The van der Waals surface area contributed by atoms with E-state index in [0.717, 1.165) is 0 Å². The van der Waals surface area contributed by atoms with Crippen LogP contribution in [0.25, 0.3) is 0 Å². The lowest BCUT2D eigenvalue weighted by molar-refractivity contribution is -0.143. The van der Waals surface area contributed by atoms with Crippen molar-refractivity contribution < 1.29 is 19.5 Å². The fraction of sp³-hybridized carbons (Fsp3) is 0.750. The Balaban J connectivity index is 2.25. The van der Waals surface area contributed by atoms with E-state index in [0.29, 0.717) is 25.9 Å². The molecule has 1 fully saturated rings. The third-order valence-electron chi connectivity index (χ3n) is 3.41. The van der Waals surface area contributed by atoms with Crippen LogP contribution in [0, 0.1) is 5.41 Å². The monoisotopic (exact) mass is 271 g/mol. The second kappa shape index (κ2) is 6.40. The zero-order valence-corrected chi connectivity index (χ0v) is 11.4. The van der Waals surface area contributed by atoms with Gasteiger partial charge in [-0.05, 0) is 26.7 Å². The van der Waals surface area contributed by atoms with E-state index >= 15 is 0 Å². The molecule has 3 N–H and O–H groups in total. The van der Waals surface area contributed by atoms with Crippen LogP contribution in [0.2, 0.25) is 0 Å². The second-order valence-electron chi connectivity index (χ2n) is 4.69. The molecule has 0 atom stereocenters. The smallest absolute Gasteiger partial charge is 0.315 e. The minimum Gasteiger partial charge on any atom is -0.481 e. The van der Waals surface area contributed by atoms with E-state index < -0.39 is 17.4 Å². The van der Waals surface area contributed by atoms with Gasteiger partial charge in [0.2, 0.25) is 5.91 Å². The highest BCUT2D eigenvalue weighted by Crippen LogP contribution is 2.45. The van der Waals surface area contributed by atoms with Gasteiger partial charge in [0.25, 0.3) is 0 Å². The highest BCUT2D eigenvalue weighted by atomic mass is 16.4. The van der Waals surface area contributed by atoms with Gasteiger partial charge in [-0.2, -0.15) is 0 Å². The summed E-state index contributed by atoms with van der Waals surface area (Å²) in [5.74, 6) is -1.04. The number of carbonyl (C=O) groups is 3. The number of nitrogens with zero attached hydrogens (tertiary/aromatic N) is 1. The molecule has 0 aromatic carbocycles. The summed E-state index contributed by atoms with van der Waals surface area (Å²) in [7, 11) is 0. The predicted octanol–water partition coefficient (Wildman–Crippen LogP) is 0.0188. The van der Waals surface area contributed by atoms with Crippen molar-refractivity contribution in [3.63, 3.8) is 0 Å². The summed E-state index contributed by atoms with van der Waals surface area (Å²) in [5, 5.41) is 13.9. The van der Waals surface area contributed by atoms with Crippen molar-refractivity contribution in [2.75, 3.05) is 26.2 Å². The largest absolute Gasteiger partial charge is 0.481 e. The number of carboxylic acids is 1. The quantitative estimate of drug-likeness (QED) is 0.608. The number of likely N-dealkylation sites (N-methyl/N-ethyl adjacent to an activating group) is 1. The SMILES string of the molecule is CCN(CC)C(=O)CNC(=O)NCC1(C(=O)O)CC1. The lowest BCUT2D eigenvalue weighted by atomic mass is 10.1. The minimum atomic E-state index is -0.882. The molecule has 0 unspecified atom stereocenters. The van der Waals surface area contributed by atoms with Gasteiger partial charge in [-0.15, -0.1) is 0 Å². The number of urea groups is 1. The number of amides is 3. The summed E-state index contributed by atoms with van der Waals surface area (Å²) in [6.45, 7) is 4.96. The zero-order chi connectivity index (χ0) is 14.5. The van der Waals surface area contributed by atoms with E-state index in [1.54, 1.807) is 4.90 Å². The summed E-state index contributed by atoms with van der Waals surface area (Å²) in [5.41, 5.74) is -0.791. The average Bonchev–Trinajstić information content (AvgIpc) is 3.16. The van der Waals surface area contributed by atoms with Crippen molar-refractivity contribution >= 4 is 17.9 Å². The number of carboxylic acid groups (broad SMARTS) is 1. The maximum absolute atomic E-state index is 11.6. The summed E-state index contributed by atoms with van der Waals surface area (Å²) in [6, 6.07) is -0.506. The Morgan fingerprint density at radius 1 is 1.16 bits per heavy atom. The van der Waals surface area contributed by atoms with Gasteiger partial charge in [-0.3, -0.25) is 9.59 Å². The Morgan fingerprint density at radius 2 is 1.74 bits per heavy atom. The van der Waals surface area contributed by atoms with Crippen LogP contribution in [0.5, 0.6) is 0 Å². The van der Waals surface area contributed by atoms with Gasteiger partial charge in [-0.25, -0.2) is 4.79 Å². The number of rotatable bonds is 7. The van der Waals surface area contributed by atoms with Crippen LogP contribution in [0.3, 0.4) is 0 Å². The molecule has 0 aliphatic heterocycles. The Morgan fingerprint density at radius 3 is 2.16 bits per heavy atom. The van der Waals surface area contributed by atoms with Crippen LogP contribution >= 0.6 is 0 Å². The Bertz CT molecular complexity index is 362. The maximum atomic E-state index is 11.6. The normalized spacial score (nSPS) is 15.5. The number of hydrogen-bond acceptors (Lipinski definition) is 3. The molecule has 3 amide bonds. The number of hydrogen-bond donors (Lipinski definition) is 3. The first-order chi connectivity index (χ1) is 8.95. The molecule has 1 aliphatic rings. The van der Waals surface area contributed by atoms with Crippen molar-refractivity contribution in [1.82, 2.24) is 15.5 Å². The minimum absolute atomic E-state index is 0.0758. The fourth-order valence-corrected chi connectivity index (χ4v) is 1.77. The van der Waals surface area contributed by atoms with Gasteiger partial charge in [0.1, 0.15) is 0 Å². The van der Waals surface area contributed by atoms with Crippen LogP contribution in [0.15, 0.2) is 0 Å². The van der Waals surface area contributed by atoms with Gasteiger partial charge in [-0.1, -0.05) is 0 Å². The summed E-state index contributed by atoms with van der Waals surface area (Å²) in [4.78, 5) is 35.6. The molecule has 0 heterocycles. The van der Waals surface area contributed by atoms with Crippen LogP contribution in [-0.2, 0) is 9.59 Å². The molecular weight excluding hydrogens is 250 g/mol. The molecule has 108 valence electrons. The van der Waals surface area contributed by atoms with E-state index in [1.165, 1.54) is 0 Å². The molecule has 0 saturated heterocycles. The lowest BCUT2D eigenvalue weighted by Crippen LogP contribution is -2.45. The Hall–Kier alpha value is -1.79. The first kappa shape index (κ1) is 15.3. The summed E-state index contributed by atoms with van der Waals surface area (Å²) >= 11 is 0. The molecule has 7 heteroatoms. The predicted molar refractivity (Wildman–Crippen MR) is 68.6 cm³/mol. The molecule has 1 saturated carbocycles. The van der Waals surface area contributed by atoms with Crippen LogP contribution in [-0.4, -0.2) is 54.1 Å². The topological polar surface area (TPSA) is 98.7 Å². The molecule has 0 radical (unpaired) electrons. The van der Waals surface area contributed by atoms with Gasteiger partial charge < -0.3 is 20.6 Å². The highest BCUT2D eigenvalue weighted by molar-refractivity contribution is 5.84. The van der Waals surface area contributed by atoms with Crippen molar-refractivity contribution in [2.45, 2.75) is 26.7 Å². The van der Waals surface area contributed by atoms with E-state index in [4.69, 9.17) is 5.11 Å². The van der Waals surface area contributed by atoms with Gasteiger partial charge in [0.15, 0.2) is 0 Å². The summed E-state index contributed by atoms with van der Waals surface area (Å²) < 4.78 is 0. The van der Waals surface area contributed by atoms with Crippen molar-refractivity contribution in [3.8, 4) is 0 Å². The fourth-order valence-electron chi connectivity index (χ4n) is 1.77. The number of aliphatic carboxylic acids is 1. The first-order valence-electron chi connectivity index (χ1n) is 6.48. The maximum Gasteiger partial charge on any atom is 0.315 e. The third-order valence-corrected chi connectivity index (χ3v) is 3.41. The second-order valence-corrected chi connectivity index (χ2v) is 4.69. The van der Waals surface area contributed by atoms with Gasteiger partial charge >= 0.3 is 12.0 Å². The van der Waals surface area contributed by atoms with Crippen LogP contribution < -0.4 is 10.6 Å². The number of nitrogens with one attached hydrogen (secondary N) is 2. The van der Waals surface area contributed by atoms with Crippen molar-refractivity contribution in [2.24, 2.45) is 5.41 Å². The van der Waals surface area contributed by atoms with Crippen molar-refractivity contribution in [3.05, 3.63) is 0 Å². The molecule has 1 aliphatic carbocycles. The molecule has 0 aromatic rings. The van der Waals surface area contributed by atoms with E-state index in [9.17, 15) is 14.4 Å². The molecule has 0 bridgehead atoms. The molecule has 7 nitrogen and oxygen atoms in total. The van der Waals surface area contributed by atoms with Gasteiger partial charge in [0.05, 0.1) is 12.0 Å².